The zero-order valence-electron chi connectivity index (χ0n) is 19.3. The van der Waals surface area contributed by atoms with Crippen molar-refractivity contribution in [2.75, 3.05) is 6.61 Å². The smallest absolute Gasteiger partial charge is 0.342 e. The number of pyridine rings is 1. The molecule has 0 fully saturated rings. The maximum Gasteiger partial charge on any atom is 0.342 e. The second-order valence-electron chi connectivity index (χ2n) is 8.52. The van der Waals surface area contributed by atoms with Crippen LogP contribution in [-0.4, -0.2) is 34.0 Å². The molecule has 172 valence electrons. The van der Waals surface area contributed by atoms with E-state index in [1.807, 2.05) is 74.5 Å². The van der Waals surface area contributed by atoms with Crippen molar-refractivity contribution in [3.8, 4) is 0 Å². The van der Waals surface area contributed by atoms with Gasteiger partial charge in [0.1, 0.15) is 6.61 Å². The summed E-state index contributed by atoms with van der Waals surface area (Å²) in [7, 11) is 0. The Kier molecular flexibility index (Phi) is 5.75. The molecule has 0 bridgehead atoms. The number of cyclic esters (lactones) is 1. The predicted octanol–water partition coefficient (Wildman–Crippen LogP) is 4.79. The van der Waals surface area contributed by atoms with Crippen LogP contribution in [0.3, 0.4) is 0 Å². The van der Waals surface area contributed by atoms with Gasteiger partial charge in [0.15, 0.2) is 5.60 Å². The summed E-state index contributed by atoms with van der Waals surface area (Å²) in [6, 6.07) is 19.6. The second kappa shape index (κ2) is 8.88. The summed E-state index contributed by atoms with van der Waals surface area (Å²) in [4.78, 5) is 32.9. The van der Waals surface area contributed by atoms with Gasteiger partial charge in [0.05, 0.1) is 35.6 Å². The summed E-state index contributed by atoms with van der Waals surface area (Å²) in [6.45, 7) is 4.34. The van der Waals surface area contributed by atoms with Crippen LogP contribution >= 0.6 is 0 Å². The normalized spacial score (nSPS) is 20.9. The summed E-state index contributed by atoms with van der Waals surface area (Å²) >= 11 is 0. The van der Waals surface area contributed by atoms with Gasteiger partial charge in [0.2, 0.25) is 0 Å². The highest BCUT2D eigenvalue weighted by atomic mass is 16.6. The molecule has 5 rings (SSSR count). The van der Waals surface area contributed by atoms with E-state index in [0.717, 1.165) is 33.4 Å². The summed E-state index contributed by atoms with van der Waals surface area (Å²) < 4.78 is 11.5. The minimum atomic E-state index is -1.30. The van der Waals surface area contributed by atoms with E-state index >= 15 is 0 Å². The number of allylic oxidation sites excluding steroid dienone is 1. The van der Waals surface area contributed by atoms with Crippen LogP contribution in [0.1, 0.15) is 37.1 Å². The van der Waals surface area contributed by atoms with Crippen molar-refractivity contribution in [2.45, 2.75) is 39.0 Å². The Balaban J connectivity index is 1.44. The predicted molar refractivity (Wildman–Crippen MR) is 129 cm³/mol. The van der Waals surface area contributed by atoms with E-state index in [1.54, 1.807) is 11.0 Å². The summed E-state index contributed by atoms with van der Waals surface area (Å²) in [5, 5.41) is 1.04. The van der Waals surface area contributed by atoms with E-state index < -0.39 is 11.6 Å². The first-order valence-corrected chi connectivity index (χ1v) is 11.5. The van der Waals surface area contributed by atoms with Gasteiger partial charge in [-0.2, -0.15) is 0 Å². The molecular weight excluding hydrogens is 428 g/mol. The van der Waals surface area contributed by atoms with Crippen LogP contribution in [0.5, 0.6) is 0 Å². The number of nitrogens with zero attached hydrogens (tertiary/aromatic N) is 2. The molecule has 6 heteroatoms. The van der Waals surface area contributed by atoms with Gasteiger partial charge in [-0.1, -0.05) is 61.5 Å². The van der Waals surface area contributed by atoms with Gasteiger partial charge >= 0.3 is 5.97 Å². The van der Waals surface area contributed by atoms with Crippen molar-refractivity contribution in [3.63, 3.8) is 0 Å². The number of carbonyl (C=O) groups excluding carboxylic acids is 2. The van der Waals surface area contributed by atoms with Gasteiger partial charge in [-0.25, -0.2) is 9.78 Å². The Morgan fingerprint density at radius 3 is 2.71 bits per heavy atom. The lowest BCUT2D eigenvalue weighted by Gasteiger charge is -2.33. The quantitative estimate of drug-likeness (QED) is 0.519. The van der Waals surface area contributed by atoms with E-state index in [9.17, 15) is 9.59 Å². The fourth-order valence-corrected chi connectivity index (χ4v) is 4.54. The number of fused-ring (bicyclic) bond motifs is 2. The molecule has 3 heterocycles. The molecule has 0 saturated carbocycles. The highest BCUT2D eigenvalue weighted by Crippen LogP contribution is 2.36. The second-order valence-corrected chi connectivity index (χ2v) is 8.52. The van der Waals surface area contributed by atoms with Crippen LogP contribution in [0.25, 0.3) is 16.6 Å². The Bertz CT molecular complexity index is 1330. The molecule has 3 aromatic rings. The van der Waals surface area contributed by atoms with Gasteiger partial charge in [0, 0.05) is 10.9 Å². The first kappa shape index (κ1) is 22.0. The van der Waals surface area contributed by atoms with Gasteiger partial charge in [0.25, 0.3) is 5.91 Å². The number of hydrogen-bond acceptors (Lipinski definition) is 5. The maximum absolute atomic E-state index is 13.7. The lowest BCUT2D eigenvalue weighted by Crippen LogP contribution is -2.46. The SMILES string of the molecule is CC=C1c2nc3ccccc3cc2CN1C(=O)C1=CC(CC)(OCc2ccccc2)C(=O)OC1. The zero-order valence-corrected chi connectivity index (χ0v) is 19.3. The summed E-state index contributed by atoms with van der Waals surface area (Å²) in [6.07, 6.45) is 3.92. The summed E-state index contributed by atoms with van der Waals surface area (Å²) in [5.41, 5.74) is 3.51. The van der Waals surface area contributed by atoms with E-state index in [0.29, 0.717) is 18.5 Å². The monoisotopic (exact) mass is 454 g/mol. The van der Waals surface area contributed by atoms with Crippen molar-refractivity contribution in [2.24, 2.45) is 0 Å². The zero-order chi connectivity index (χ0) is 23.7. The fraction of sp³-hybridized carbons (Fsp3) is 0.250. The van der Waals surface area contributed by atoms with Gasteiger partial charge in [-0.3, -0.25) is 4.79 Å². The van der Waals surface area contributed by atoms with Crippen LogP contribution in [0.15, 0.2) is 78.4 Å². The lowest BCUT2D eigenvalue weighted by atomic mass is 9.94. The highest BCUT2D eigenvalue weighted by Gasteiger charge is 2.43. The molecule has 1 atom stereocenters. The molecule has 0 N–H and O–H groups in total. The number of esters is 1. The van der Waals surface area contributed by atoms with Crippen LogP contribution in [0.4, 0.5) is 0 Å². The van der Waals surface area contributed by atoms with Crippen molar-refractivity contribution in [3.05, 3.63) is 95.2 Å². The number of benzene rings is 2. The molecule has 2 aliphatic heterocycles. The highest BCUT2D eigenvalue weighted by molar-refractivity contribution is 6.03. The van der Waals surface area contributed by atoms with Crippen LogP contribution in [0.2, 0.25) is 0 Å². The first-order chi connectivity index (χ1) is 16.5. The van der Waals surface area contributed by atoms with Crippen molar-refractivity contribution in [1.82, 2.24) is 9.88 Å². The maximum atomic E-state index is 13.7. The molecule has 0 radical (unpaired) electrons. The Labute approximate surface area is 198 Å². The Morgan fingerprint density at radius 1 is 1.18 bits per heavy atom. The molecule has 0 spiro atoms. The Hall–Kier alpha value is -3.77. The number of hydrogen-bond donors (Lipinski definition) is 0. The first-order valence-electron chi connectivity index (χ1n) is 11.5. The third kappa shape index (κ3) is 3.80. The standard InChI is InChI=1S/C28H26N2O4/c1-3-24-25-21(14-20-12-8-9-13-23(20)29-25)16-30(24)26(31)22-15-28(4-2,27(32)33-18-22)34-17-19-10-6-5-7-11-19/h3,5-15H,4,16-18H2,1-2H3. The van der Waals surface area contributed by atoms with E-state index in [1.165, 1.54) is 0 Å². The third-order valence-corrected chi connectivity index (χ3v) is 6.43. The number of para-hydroxylation sites is 1. The average Bonchev–Trinajstić information content (AvgIpc) is 3.24. The molecule has 6 nitrogen and oxygen atoms in total. The largest absolute Gasteiger partial charge is 0.458 e. The molecular formula is C28H26N2O4. The van der Waals surface area contributed by atoms with E-state index in [2.05, 4.69) is 6.07 Å². The van der Waals surface area contributed by atoms with Crippen molar-refractivity contribution >= 4 is 28.5 Å². The topological polar surface area (TPSA) is 68.7 Å². The number of amides is 1. The van der Waals surface area contributed by atoms with Gasteiger partial charge in [-0.15, -0.1) is 0 Å². The molecule has 2 aliphatic rings. The molecule has 34 heavy (non-hydrogen) atoms. The van der Waals surface area contributed by atoms with Crippen LogP contribution < -0.4 is 0 Å². The Morgan fingerprint density at radius 2 is 1.94 bits per heavy atom. The minimum Gasteiger partial charge on any atom is -0.458 e. The number of carbonyl (C=O) groups is 2. The van der Waals surface area contributed by atoms with Crippen LogP contribution in [-0.2, 0) is 32.2 Å². The number of aromatic nitrogens is 1. The van der Waals surface area contributed by atoms with E-state index in [-0.39, 0.29) is 19.1 Å². The van der Waals surface area contributed by atoms with Crippen LogP contribution in [0, 0.1) is 0 Å². The van der Waals surface area contributed by atoms with Crippen molar-refractivity contribution < 1.29 is 19.1 Å². The molecule has 1 unspecified atom stereocenters. The minimum absolute atomic E-state index is 0.0760. The molecule has 0 aliphatic carbocycles. The molecule has 2 aromatic carbocycles. The fourth-order valence-electron chi connectivity index (χ4n) is 4.54. The van der Waals surface area contributed by atoms with Crippen molar-refractivity contribution in [1.29, 1.82) is 0 Å². The van der Waals surface area contributed by atoms with E-state index in [4.69, 9.17) is 14.5 Å². The molecule has 1 aromatic heterocycles. The number of rotatable bonds is 5. The average molecular weight is 455 g/mol. The molecule has 0 saturated heterocycles. The molecule has 1 amide bonds. The van der Waals surface area contributed by atoms with Gasteiger partial charge < -0.3 is 14.4 Å². The summed E-state index contributed by atoms with van der Waals surface area (Å²) in [5.74, 6) is -0.671. The number of ether oxygens (including phenoxy) is 2. The van der Waals surface area contributed by atoms with Gasteiger partial charge in [-0.05, 0) is 37.1 Å². The third-order valence-electron chi connectivity index (χ3n) is 6.43. The lowest BCUT2D eigenvalue weighted by molar-refractivity contribution is -0.170.